The third-order valence-corrected chi connectivity index (χ3v) is 4.38. The van der Waals surface area contributed by atoms with Crippen LogP contribution in [0.15, 0.2) is 24.3 Å². The predicted molar refractivity (Wildman–Crippen MR) is 83.2 cm³/mol. The Hall–Kier alpha value is -2.28. The van der Waals surface area contributed by atoms with Crippen molar-refractivity contribution in [3.63, 3.8) is 0 Å². The Morgan fingerprint density at radius 1 is 1.38 bits per heavy atom. The highest BCUT2D eigenvalue weighted by molar-refractivity contribution is 5.79. The van der Waals surface area contributed by atoms with Gasteiger partial charge in [-0.25, -0.2) is 8.78 Å². The number of benzene rings is 1. The summed E-state index contributed by atoms with van der Waals surface area (Å²) in [4.78, 5) is 13.8. The number of hydrogen-bond donors (Lipinski definition) is 2. The van der Waals surface area contributed by atoms with E-state index in [0.29, 0.717) is 13.0 Å². The fraction of sp³-hybridized carbons (Fsp3) is 0.412. The van der Waals surface area contributed by atoms with E-state index in [0.717, 1.165) is 23.5 Å². The number of likely N-dealkylation sites (tertiary alicyclic amines) is 1. The SMILES string of the molecule is Cc1cc(C[C@@H]2CN(C(=O)Cc3c(F)cccc3F)C[C@H]2O)n[nH]1. The summed E-state index contributed by atoms with van der Waals surface area (Å²) < 4.78 is 27.3. The highest BCUT2D eigenvalue weighted by atomic mass is 19.1. The van der Waals surface area contributed by atoms with Crippen molar-refractivity contribution in [3.05, 3.63) is 52.9 Å². The normalized spacial score (nSPS) is 20.6. The minimum atomic E-state index is -0.730. The Balaban J connectivity index is 1.64. The van der Waals surface area contributed by atoms with Crippen LogP contribution in [0.4, 0.5) is 8.78 Å². The van der Waals surface area contributed by atoms with E-state index in [1.807, 2.05) is 13.0 Å². The second-order valence-electron chi connectivity index (χ2n) is 6.25. The molecule has 2 atom stereocenters. The summed E-state index contributed by atoms with van der Waals surface area (Å²) in [5.74, 6) is -1.99. The van der Waals surface area contributed by atoms with Crippen LogP contribution < -0.4 is 0 Å². The van der Waals surface area contributed by atoms with E-state index in [-0.39, 0.29) is 24.4 Å². The average Bonchev–Trinajstić information content (AvgIpc) is 3.10. The minimum absolute atomic E-state index is 0.137. The topological polar surface area (TPSA) is 69.2 Å². The van der Waals surface area contributed by atoms with Crippen molar-refractivity contribution in [1.29, 1.82) is 0 Å². The monoisotopic (exact) mass is 335 g/mol. The van der Waals surface area contributed by atoms with Gasteiger partial charge in [0.25, 0.3) is 0 Å². The van der Waals surface area contributed by atoms with Gasteiger partial charge in [-0.1, -0.05) is 6.07 Å². The molecule has 1 aliphatic heterocycles. The quantitative estimate of drug-likeness (QED) is 0.892. The first-order valence-corrected chi connectivity index (χ1v) is 7.83. The smallest absolute Gasteiger partial charge is 0.227 e. The fourth-order valence-corrected chi connectivity index (χ4v) is 3.07. The van der Waals surface area contributed by atoms with Crippen LogP contribution in [0.2, 0.25) is 0 Å². The molecule has 7 heteroatoms. The van der Waals surface area contributed by atoms with E-state index in [1.54, 1.807) is 0 Å². The van der Waals surface area contributed by atoms with Crippen LogP contribution in [0.3, 0.4) is 0 Å². The largest absolute Gasteiger partial charge is 0.391 e. The molecule has 0 bridgehead atoms. The molecule has 2 N–H and O–H groups in total. The molecule has 3 rings (SSSR count). The van der Waals surface area contributed by atoms with E-state index in [2.05, 4.69) is 10.2 Å². The molecule has 1 aromatic heterocycles. The van der Waals surface area contributed by atoms with E-state index >= 15 is 0 Å². The number of nitrogens with zero attached hydrogens (tertiary/aromatic N) is 2. The lowest BCUT2D eigenvalue weighted by atomic mass is 10.0. The second-order valence-corrected chi connectivity index (χ2v) is 6.25. The summed E-state index contributed by atoms with van der Waals surface area (Å²) >= 11 is 0. The van der Waals surface area contributed by atoms with Crippen molar-refractivity contribution in [2.24, 2.45) is 5.92 Å². The van der Waals surface area contributed by atoms with Crippen LogP contribution in [0.1, 0.15) is 17.0 Å². The number of aromatic nitrogens is 2. The number of H-pyrrole nitrogens is 1. The van der Waals surface area contributed by atoms with Crippen LogP contribution in [0.25, 0.3) is 0 Å². The van der Waals surface area contributed by atoms with Crippen molar-refractivity contribution < 1.29 is 18.7 Å². The lowest BCUT2D eigenvalue weighted by Gasteiger charge is -2.16. The molecule has 1 aliphatic rings. The number of aliphatic hydroxyl groups is 1. The summed E-state index contributed by atoms with van der Waals surface area (Å²) in [6.45, 7) is 2.41. The summed E-state index contributed by atoms with van der Waals surface area (Å²) in [5.41, 5.74) is 1.52. The Morgan fingerprint density at radius 3 is 2.71 bits per heavy atom. The molecule has 1 amide bonds. The Kier molecular flexibility index (Phi) is 4.62. The summed E-state index contributed by atoms with van der Waals surface area (Å²) in [5, 5.41) is 17.1. The molecule has 5 nitrogen and oxygen atoms in total. The molecule has 24 heavy (non-hydrogen) atoms. The van der Waals surface area contributed by atoms with Crippen LogP contribution in [-0.4, -0.2) is 45.3 Å². The van der Waals surface area contributed by atoms with E-state index in [4.69, 9.17) is 0 Å². The molecular formula is C17H19F2N3O2. The van der Waals surface area contributed by atoms with Gasteiger partial charge in [-0.05, 0) is 31.5 Å². The molecule has 0 saturated carbocycles. The first-order chi connectivity index (χ1) is 11.4. The van der Waals surface area contributed by atoms with Crippen molar-refractivity contribution in [2.45, 2.75) is 25.9 Å². The third kappa shape index (κ3) is 3.46. The van der Waals surface area contributed by atoms with E-state index < -0.39 is 23.6 Å². The Bertz CT molecular complexity index is 727. The highest BCUT2D eigenvalue weighted by Gasteiger charge is 2.34. The lowest BCUT2D eigenvalue weighted by molar-refractivity contribution is -0.129. The lowest BCUT2D eigenvalue weighted by Crippen LogP contribution is -2.31. The maximum absolute atomic E-state index is 13.7. The third-order valence-electron chi connectivity index (χ3n) is 4.38. The van der Waals surface area contributed by atoms with Crippen molar-refractivity contribution in [2.75, 3.05) is 13.1 Å². The maximum Gasteiger partial charge on any atom is 0.227 e. The maximum atomic E-state index is 13.7. The van der Waals surface area contributed by atoms with Gasteiger partial charge in [0.2, 0.25) is 5.91 Å². The molecule has 0 unspecified atom stereocenters. The average molecular weight is 335 g/mol. The van der Waals surface area contributed by atoms with Gasteiger partial charge in [0.15, 0.2) is 0 Å². The van der Waals surface area contributed by atoms with Crippen LogP contribution in [-0.2, 0) is 17.6 Å². The summed E-state index contributed by atoms with van der Waals surface area (Å²) in [7, 11) is 0. The number of hydrogen-bond acceptors (Lipinski definition) is 3. The number of aryl methyl sites for hydroxylation is 1. The zero-order chi connectivity index (χ0) is 17.3. The number of β-amino-alcohol motifs (C(OH)–C–C–N with tert-alkyl or cyclic N) is 1. The van der Waals surface area contributed by atoms with Crippen molar-refractivity contribution in [1.82, 2.24) is 15.1 Å². The van der Waals surface area contributed by atoms with Crippen LogP contribution in [0.5, 0.6) is 0 Å². The molecule has 1 aromatic carbocycles. The Morgan fingerprint density at radius 2 is 2.08 bits per heavy atom. The standard InChI is InChI=1S/C17H19F2N3O2/c1-10-5-12(21-20-10)6-11-8-22(9-16(11)23)17(24)7-13-14(18)3-2-4-15(13)19/h2-5,11,16,23H,6-9H2,1H3,(H,20,21)/t11-,16-/m1/s1. The molecule has 2 heterocycles. The molecular weight excluding hydrogens is 316 g/mol. The van der Waals surface area contributed by atoms with Crippen LogP contribution >= 0.6 is 0 Å². The minimum Gasteiger partial charge on any atom is -0.391 e. The van der Waals surface area contributed by atoms with E-state index in [9.17, 15) is 18.7 Å². The number of aromatic amines is 1. The molecule has 1 saturated heterocycles. The molecule has 128 valence electrons. The first-order valence-electron chi connectivity index (χ1n) is 7.83. The molecule has 0 radical (unpaired) electrons. The molecule has 0 spiro atoms. The number of amides is 1. The van der Waals surface area contributed by atoms with Gasteiger partial charge < -0.3 is 10.0 Å². The van der Waals surface area contributed by atoms with Gasteiger partial charge in [0, 0.05) is 30.3 Å². The van der Waals surface area contributed by atoms with Gasteiger partial charge in [-0.3, -0.25) is 9.89 Å². The van der Waals surface area contributed by atoms with Gasteiger partial charge in [0.05, 0.1) is 18.2 Å². The van der Waals surface area contributed by atoms with Gasteiger partial charge in [-0.15, -0.1) is 0 Å². The van der Waals surface area contributed by atoms with Gasteiger partial charge in [-0.2, -0.15) is 5.10 Å². The zero-order valence-corrected chi connectivity index (χ0v) is 13.3. The molecule has 2 aromatic rings. The van der Waals surface area contributed by atoms with Gasteiger partial charge in [0.1, 0.15) is 11.6 Å². The molecule has 1 fully saturated rings. The van der Waals surface area contributed by atoms with E-state index in [1.165, 1.54) is 11.0 Å². The Labute approximate surface area is 138 Å². The van der Waals surface area contributed by atoms with Gasteiger partial charge >= 0.3 is 0 Å². The zero-order valence-electron chi connectivity index (χ0n) is 13.3. The fourth-order valence-electron chi connectivity index (χ4n) is 3.07. The number of aliphatic hydroxyl groups excluding tert-OH is 1. The number of nitrogens with one attached hydrogen (secondary N) is 1. The number of carbonyl (C=O) groups is 1. The van der Waals surface area contributed by atoms with Crippen molar-refractivity contribution >= 4 is 5.91 Å². The highest BCUT2D eigenvalue weighted by Crippen LogP contribution is 2.23. The number of halogens is 2. The molecule has 0 aliphatic carbocycles. The van der Waals surface area contributed by atoms with Crippen LogP contribution in [0, 0.1) is 24.5 Å². The predicted octanol–water partition coefficient (Wildman–Crippen LogP) is 1.60. The summed E-state index contributed by atoms with van der Waals surface area (Å²) in [6.07, 6.45) is -0.473. The second kappa shape index (κ2) is 6.68. The first kappa shape index (κ1) is 16.6. The van der Waals surface area contributed by atoms with Crippen molar-refractivity contribution in [3.8, 4) is 0 Å². The summed E-state index contributed by atoms with van der Waals surface area (Å²) in [6, 6.07) is 5.42. The number of carbonyl (C=O) groups excluding carboxylic acids is 1. The number of rotatable bonds is 4.